The zero-order chi connectivity index (χ0) is 28.6. The summed E-state index contributed by atoms with van der Waals surface area (Å²) in [5.41, 5.74) is 3.96. The van der Waals surface area contributed by atoms with Crippen molar-refractivity contribution in [1.29, 1.82) is 5.26 Å². The number of carbonyl (C=O) groups excluding carboxylic acids is 2. The maximum atomic E-state index is 12.2. The minimum absolute atomic E-state index is 0.187. The maximum absolute atomic E-state index is 12.2. The van der Waals surface area contributed by atoms with Crippen LogP contribution < -0.4 is 4.74 Å². The largest absolute Gasteiger partial charge is 0.460 e. The van der Waals surface area contributed by atoms with Crippen molar-refractivity contribution in [1.82, 2.24) is 0 Å². The van der Waals surface area contributed by atoms with Crippen molar-refractivity contribution >= 4 is 11.9 Å². The molecule has 3 aromatic carbocycles. The first kappa shape index (κ1) is 29.6. The van der Waals surface area contributed by atoms with Crippen LogP contribution in [0.2, 0.25) is 0 Å². The fraction of sp³-hybridized carbons (Fsp3) is 0.382. The zero-order valence-electron chi connectivity index (χ0n) is 23.8. The van der Waals surface area contributed by atoms with Crippen molar-refractivity contribution in [2.45, 2.75) is 83.7 Å². The van der Waals surface area contributed by atoms with Crippen molar-refractivity contribution in [3.63, 3.8) is 0 Å². The van der Waals surface area contributed by atoms with E-state index in [-0.39, 0.29) is 42.0 Å². The molecule has 0 bridgehead atoms. The molecule has 0 heterocycles. The average Bonchev–Trinajstić information content (AvgIpc) is 2.89. The second-order valence-corrected chi connectivity index (χ2v) is 11.1. The predicted molar refractivity (Wildman–Crippen MR) is 154 cm³/mol. The molecule has 0 spiro atoms. The lowest BCUT2D eigenvalue weighted by Gasteiger charge is -2.31. The Hall–Kier alpha value is -3.91. The van der Waals surface area contributed by atoms with Crippen LogP contribution in [-0.4, -0.2) is 17.5 Å². The number of nitrogens with zero attached hydrogens (tertiary/aromatic N) is 1. The number of ether oxygens (including phenoxy) is 2. The molecule has 0 fully saturated rings. The summed E-state index contributed by atoms with van der Waals surface area (Å²) in [5.74, 6) is 0.113. The minimum Gasteiger partial charge on any atom is -0.460 e. The molecular formula is C34H39NO4. The molecule has 0 aliphatic rings. The van der Waals surface area contributed by atoms with Gasteiger partial charge in [-0.15, -0.1) is 0 Å². The Morgan fingerprint density at radius 1 is 0.795 bits per heavy atom. The number of rotatable bonds is 10. The number of carbonyl (C=O) groups is 2. The summed E-state index contributed by atoms with van der Waals surface area (Å²) in [6.45, 7) is 11.4. The first-order valence-electron chi connectivity index (χ1n) is 13.5. The van der Waals surface area contributed by atoms with Gasteiger partial charge < -0.3 is 9.47 Å². The summed E-state index contributed by atoms with van der Waals surface area (Å²) in [7, 11) is 0. The third-order valence-electron chi connectivity index (χ3n) is 7.01. The second-order valence-electron chi connectivity index (χ2n) is 11.1. The van der Waals surface area contributed by atoms with Crippen LogP contribution in [0, 0.1) is 11.3 Å². The van der Waals surface area contributed by atoms with Gasteiger partial charge in [-0.25, -0.2) is 0 Å². The average molecular weight is 526 g/mol. The molecule has 0 radical (unpaired) electrons. The molecule has 5 nitrogen and oxygen atoms in total. The van der Waals surface area contributed by atoms with E-state index in [9.17, 15) is 14.9 Å². The quantitative estimate of drug-likeness (QED) is 0.198. The first-order chi connectivity index (χ1) is 18.5. The van der Waals surface area contributed by atoms with E-state index in [1.807, 2.05) is 63.2 Å². The molecule has 4 atom stereocenters. The molecular weight excluding hydrogens is 486 g/mol. The van der Waals surface area contributed by atoms with Crippen molar-refractivity contribution < 1.29 is 19.1 Å². The monoisotopic (exact) mass is 525 g/mol. The van der Waals surface area contributed by atoms with Crippen LogP contribution in [-0.2, 0) is 14.3 Å². The van der Waals surface area contributed by atoms with E-state index in [4.69, 9.17) is 9.47 Å². The number of nitriles is 1. The molecule has 4 unspecified atom stereocenters. The summed E-state index contributed by atoms with van der Waals surface area (Å²) < 4.78 is 10.6. The van der Waals surface area contributed by atoms with E-state index in [1.54, 1.807) is 0 Å². The van der Waals surface area contributed by atoms with E-state index in [2.05, 4.69) is 56.3 Å². The van der Waals surface area contributed by atoms with E-state index in [0.29, 0.717) is 12.2 Å². The van der Waals surface area contributed by atoms with E-state index >= 15 is 0 Å². The Balaban J connectivity index is 1.81. The number of benzene rings is 3. The van der Waals surface area contributed by atoms with Crippen molar-refractivity contribution in [2.75, 3.05) is 0 Å². The zero-order valence-corrected chi connectivity index (χ0v) is 23.8. The van der Waals surface area contributed by atoms with E-state index < -0.39 is 5.60 Å². The summed E-state index contributed by atoms with van der Waals surface area (Å²) in [6.07, 6.45) is 0.630. The normalized spacial score (nSPS) is 14.4. The topological polar surface area (TPSA) is 76.4 Å². The number of esters is 2. The highest BCUT2D eigenvalue weighted by molar-refractivity contribution is 5.70. The van der Waals surface area contributed by atoms with Gasteiger partial charge in [-0.05, 0) is 79.3 Å². The van der Waals surface area contributed by atoms with Gasteiger partial charge in [-0.3, -0.25) is 9.59 Å². The Morgan fingerprint density at radius 3 is 1.79 bits per heavy atom. The lowest BCUT2D eigenvalue weighted by atomic mass is 9.73. The maximum Gasteiger partial charge on any atom is 0.308 e. The third kappa shape index (κ3) is 8.55. The number of hydrogen-bond acceptors (Lipinski definition) is 5. The van der Waals surface area contributed by atoms with Gasteiger partial charge in [0, 0.05) is 13.3 Å². The first-order valence-corrected chi connectivity index (χ1v) is 13.5. The Bertz CT molecular complexity index is 1270. The molecule has 0 aliphatic heterocycles. The lowest BCUT2D eigenvalue weighted by Crippen LogP contribution is -2.23. The Labute approximate surface area is 232 Å². The molecule has 0 saturated carbocycles. The summed E-state index contributed by atoms with van der Waals surface area (Å²) in [6, 6.07) is 28.8. The van der Waals surface area contributed by atoms with Gasteiger partial charge in [0.1, 0.15) is 11.4 Å². The standard InChI is InChI=1S/C34H39NO4/c1-23(26-12-14-28(15-13-26)30(22-35)18-21-32(37)39-34(4,5)6)33(29-10-8-7-9-11-29)24(2)27-16-19-31(20-17-27)38-25(3)36/h7-17,19-20,23-24,30,33H,18,21H2,1-6H3. The molecule has 0 amide bonds. The van der Waals surface area contributed by atoms with Crippen LogP contribution in [0.3, 0.4) is 0 Å². The molecule has 5 heteroatoms. The molecule has 0 N–H and O–H groups in total. The van der Waals surface area contributed by atoms with Crippen LogP contribution in [0.25, 0.3) is 0 Å². The van der Waals surface area contributed by atoms with Gasteiger partial charge in [-0.1, -0.05) is 80.6 Å². The highest BCUT2D eigenvalue weighted by Gasteiger charge is 2.28. The summed E-state index contributed by atoms with van der Waals surface area (Å²) in [5, 5.41) is 9.78. The SMILES string of the molecule is CC(=O)Oc1ccc(C(C)C(c2ccccc2)C(C)c2ccc(C(C#N)CCC(=O)OC(C)(C)C)cc2)cc1. The van der Waals surface area contributed by atoms with Crippen molar-refractivity contribution in [3.05, 3.63) is 101 Å². The second kappa shape index (κ2) is 13.2. The molecule has 0 aliphatic carbocycles. The van der Waals surface area contributed by atoms with Crippen LogP contribution in [0.1, 0.15) is 100 Å². The predicted octanol–water partition coefficient (Wildman–Crippen LogP) is 8.03. The van der Waals surface area contributed by atoms with Crippen molar-refractivity contribution in [2.24, 2.45) is 0 Å². The van der Waals surface area contributed by atoms with Gasteiger partial charge in [-0.2, -0.15) is 5.26 Å². The molecule has 204 valence electrons. The fourth-order valence-electron chi connectivity index (χ4n) is 5.10. The van der Waals surface area contributed by atoms with Crippen molar-refractivity contribution in [3.8, 4) is 11.8 Å². The van der Waals surface area contributed by atoms with Crippen LogP contribution in [0.5, 0.6) is 5.75 Å². The van der Waals surface area contributed by atoms with Crippen LogP contribution >= 0.6 is 0 Å². The van der Waals surface area contributed by atoms with Crippen LogP contribution in [0.15, 0.2) is 78.9 Å². The molecule has 39 heavy (non-hydrogen) atoms. The highest BCUT2D eigenvalue weighted by atomic mass is 16.6. The number of hydrogen-bond donors (Lipinski definition) is 0. The Kier molecular flexibility index (Phi) is 10.1. The van der Waals surface area contributed by atoms with E-state index in [0.717, 1.165) is 11.1 Å². The van der Waals surface area contributed by atoms with Gasteiger partial charge in [0.15, 0.2) is 0 Å². The molecule has 0 aromatic heterocycles. The van der Waals surface area contributed by atoms with Gasteiger partial charge in [0.05, 0.1) is 12.0 Å². The molecule has 3 aromatic rings. The van der Waals surface area contributed by atoms with Gasteiger partial charge >= 0.3 is 11.9 Å². The summed E-state index contributed by atoms with van der Waals surface area (Å²) >= 11 is 0. The molecule has 3 rings (SSSR count). The van der Waals surface area contributed by atoms with Gasteiger partial charge in [0.25, 0.3) is 0 Å². The highest BCUT2D eigenvalue weighted by Crippen LogP contribution is 2.43. The lowest BCUT2D eigenvalue weighted by molar-refractivity contribution is -0.155. The van der Waals surface area contributed by atoms with Crippen LogP contribution in [0.4, 0.5) is 0 Å². The minimum atomic E-state index is -0.534. The van der Waals surface area contributed by atoms with E-state index in [1.165, 1.54) is 18.1 Å². The summed E-state index contributed by atoms with van der Waals surface area (Å²) in [4.78, 5) is 23.5. The molecule has 0 saturated heterocycles. The smallest absolute Gasteiger partial charge is 0.308 e. The third-order valence-corrected chi connectivity index (χ3v) is 7.01. The fourth-order valence-corrected chi connectivity index (χ4v) is 5.10. The Morgan fingerprint density at radius 2 is 1.31 bits per heavy atom. The van der Waals surface area contributed by atoms with Gasteiger partial charge in [0.2, 0.25) is 0 Å².